The van der Waals surface area contributed by atoms with Gasteiger partial charge in [0.1, 0.15) is 10.3 Å². The van der Waals surface area contributed by atoms with Gasteiger partial charge < -0.3 is 15.7 Å². The highest BCUT2D eigenvalue weighted by atomic mass is 127. The van der Waals surface area contributed by atoms with Crippen LogP contribution in [0.25, 0.3) is 0 Å². The number of hydrogen-bond donors (Lipinski definition) is 4. The molecule has 0 aliphatic carbocycles. The van der Waals surface area contributed by atoms with Crippen molar-refractivity contribution in [2.45, 2.75) is 17.2 Å². The lowest BCUT2D eigenvalue weighted by atomic mass is 10.3. The Bertz CT molecular complexity index is 812. The van der Waals surface area contributed by atoms with Crippen molar-refractivity contribution in [1.82, 2.24) is 15.4 Å². The fraction of sp³-hybridized carbons (Fsp3) is 0.400. The molecule has 4 N–H and O–H groups in total. The Morgan fingerprint density at radius 2 is 2.07 bits per heavy atom. The maximum Gasteiger partial charge on any atom is 0.250 e. The van der Waals surface area contributed by atoms with Crippen LogP contribution >= 0.6 is 58.3 Å². The Balaban J connectivity index is 0.00000364. The molecular formula is C15H22ClIN4O3S3. The smallest absolute Gasteiger partial charge is 0.250 e. The fourth-order valence-corrected chi connectivity index (χ4v) is 5.08. The van der Waals surface area contributed by atoms with Crippen LogP contribution in [0.5, 0.6) is 0 Å². The van der Waals surface area contributed by atoms with Crippen LogP contribution in [0.2, 0.25) is 4.34 Å². The van der Waals surface area contributed by atoms with Crippen LogP contribution in [0.3, 0.4) is 0 Å². The Hall–Kier alpha value is -0.440. The number of sulfonamides is 1. The molecule has 0 bridgehead atoms. The molecule has 2 aromatic rings. The van der Waals surface area contributed by atoms with Gasteiger partial charge in [-0.05, 0) is 30.5 Å². The summed E-state index contributed by atoms with van der Waals surface area (Å²) in [5.41, 5.74) is 0. The molecule has 0 aliphatic heterocycles. The van der Waals surface area contributed by atoms with Gasteiger partial charge >= 0.3 is 0 Å². The summed E-state index contributed by atoms with van der Waals surface area (Å²) < 4.78 is 27.5. The molecule has 0 aromatic carbocycles. The molecule has 0 aliphatic rings. The van der Waals surface area contributed by atoms with Gasteiger partial charge in [0.05, 0.1) is 10.9 Å². The molecule has 0 amide bonds. The first kappa shape index (κ1) is 24.6. The van der Waals surface area contributed by atoms with Crippen molar-refractivity contribution >= 4 is 74.2 Å². The van der Waals surface area contributed by atoms with Crippen molar-refractivity contribution in [3.63, 3.8) is 0 Å². The number of thiophene rings is 2. The van der Waals surface area contributed by atoms with Gasteiger partial charge in [0, 0.05) is 24.5 Å². The predicted octanol–water partition coefficient (Wildman–Crippen LogP) is 2.65. The quantitative estimate of drug-likeness (QED) is 0.162. The molecular weight excluding hydrogens is 543 g/mol. The lowest BCUT2D eigenvalue weighted by molar-refractivity contribution is 0.191. The van der Waals surface area contributed by atoms with E-state index in [-0.39, 0.29) is 41.3 Å². The molecule has 2 aromatic heterocycles. The maximum absolute atomic E-state index is 12.0. The number of hydrogen-bond acceptors (Lipinski definition) is 6. The number of guanidine groups is 1. The van der Waals surface area contributed by atoms with E-state index in [4.69, 9.17) is 11.6 Å². The summed E-state index contributed by atoms with van der Waals surface area (Å²) in [5, 5.41) is 17.9. The lowest BCUT2D eigenvalue weighted by Gasteiger charge is -2.13. The standard InChI is InChI=1S/C15H21ClN4O3S3.HI/c1-2-17-15(19-10-11(21)12-5-6-13(16)25-12)18-7-8-20-26(22,23)14-4-3-9-24-14;/h3-6,9,11,20-21H,2,7-8,10H2,1H3,(H2,17,18,19);1H. The van der Waals surface area contributed by atoms with Crippen LogP contribution < -0.4 is 15.4 Å². The molecule has 7 nitrogen and oxygen atoms in total. The van der Waals surface area contributed by atoms with Gasteiger partial charge in [-0.15, -0.1) is 46.7 Å². The van der Waals surface area contributed by atoms with E-state index in [1.807, 2.05) is 6.92 Å². The second-order valence-corrected chi connectivity index (χ2v) is 9.82. The minimum atomic E-state index is -3.47. The Labute approximate surface area is 189 Å². The monoisotopic (exact) mass is 564 g/mol. The topological polar surface area (TPSA) is 103 Å². The molecule has 0 radical (unpaired) electrons. The summed E-state index contributed by atoms with van der Waals surface area (Å²) in [6, 6.07) is 6.76. The van der Waals surface area contributed by atoms with Crippen molar-refractivity contribution in [3.8, 4) is 0 Å². The Kier molecular flexibility index (Phi) is 11.1. The lowest BCUT2D eigenvalue weighted by Crippen LogP contribution is -2.41. The van der Waals surface area contributed by atoms with Crippen molar-refractivity contribution in [2.75, 3.05) is 26.2 Å². The molecule has 0 fully saturated rings. The Morgan fingerprint density at radius 3 is 2.67 bits per heavy atom. The summed E-state index contributed by atoms with van der Waals surface area (Å²) in [6.07, 6.45) is -0.736. The number of rotatable bonds is 9. The van der Waals surface area contributed by atoms with E-state index in [0.29, 0.717) is 23.4 Å². The largest absolute Gasteiger partial charge is 0.386 e. The van der Waals surface area contributed by atoms with Crippen LogP contribution in [0.15, 0.2) is 38.8 Å². The van der Waals surface area contributed by atoms with E-state index >= 15 is 0 Å². The van der Waals surface area contributed by atoms with E-state index < -0.39 is 16.1 Å². The van der Waals surface area contributed by atoms with Crippen molar-refractivity contribution in [3.05, 3.63) is 38.9 Å². The van der Waals surface area contributed by atoms with E-state index in [1.54, 1.807) is 29.6 Å². The summed E-state index contributed by atoms with van der Waals surface area (Å²) >= 11 is 8.35. The van der Waals surface area contributed by atoms with Gasteiger partial charge in [-0.25, -0.2) is 13.1 Å². The zero-order valence-corrected chi connectivity index (χ0v) is 20.1. The van der Waals surface area contributed by atoms with Crippen LogP contribution in [-0.2, 0) is 10.0 Å². The van der Waals surface area contributed by atoms with E-state index in [9.17, 15) is 13.5 Å². The molecule has 0 saturated carbocycles. The average Bonchev–Trinajstić information content (AvgIpc) is 3.28. The van der Waals surface area contributed by atoms with Gasteiger partial charge in [0.25, 0.3) is 0 Å². The zero-order valence-electron chi connectivity index (χ0n) is 14.5. The number of aliphatic hydroxyl groups is 1. The highest BCUT2D eigenvalue weighted by Gasteiger charge is 2.14. The minimum Gasteiger partial charge on any atom is -0.386 e. The summed E-state index contributed by atoms with van der Waals surface area (Å²) in [4.78, 5) is 5.06. The number of aliphatic hydroxyl groups excluding tert-OH is 1. The van der Waals surface area contributed by atoms with E-state index in [2.05, 4.69) is 20.3 Å². The first-order valence-electron chi connectivity index (χ1n) is 7.91. The molecule has 0 saturated heterocycles. The van der Waals surface area contributed by atoms with E-state index in [0.717, 1.165) is 4.88 Å². The second-order valence-electron chi connectivity index (χ2n) is 5.13. The van der Waals surface area contributed by atoms with Gasteiger partial charge in [-0.3, -0.25) is 4.99 Å². The highest BCUT2D eigenvalue weighted by molar-refractivity contribution is 14.0. The summed E-state index contributed by atoms with van der Waals surface area (Å²) in [7, 11) is -3.47. The molecule has 0 spiro atoms. The second kappa shape index (κ2) is 12.2. The molecule has 2 rings (SSSR count). The van der Waals surface area contributed by atoms with Crippen LogP contribution in [-0.4, -0.2) is 45.7 Å². The number of nitrogens with zero attached hydrogens (tertiary/aromatic N) is 1. The molecule has 1 atom stereocenters. The van der Waals surface area contributed by atoms with Crippen molar-refractivity contribution in [1.29, 1.82) is 0 Å². The van der Waals surface area contributed by atoms with Crippen LogP contribution in [0, 0.1) is 0 Å². The van der Waals surface area contributed by atoms with Crippen LogP contribution in [0.4, 0.5) is 0 Å². The number of nitrogens with one attached hydrogen (secondary N) is 3. The average molecular weight is 565 g/mol. The SMILES string of the molecule is CCNC(=NCC(O)c1ccc(Cl)s1)NCCNS(=O)(=O)c1cccs1.I. The third kappa shape index (κ3) is 8.21. The maximum atomic E-state index is 12.0. The highest BCUT2D eigenvalue weighted by Crippen LogP contribution is 2.26. The number of halogens is 2. The van der Waals surface area contributed by atoms with Crippen LogP contribution in [0.1, 0.15) is 17.9 Å². The fourth-order valence-electron chi connectivity index (χ4n) is 1.97. The summed E-state index contributed by atoms with van der Waals surface area (Å²) in [6.45, 7) is 3.32. The minimum absolute atomic E-state index is 0. The van der Waals surface area contributed by atoms with Gasteiger partial charge in [0.2, 0.25) is 10.0 Å². The third-order valence-electron chi connectivity index (χ3n) is 3.16. The summed E-state index contributed by atoms with van der Waals surface area (Å²) in [5.74, 6) is 0.504. The zero-order chi connectivity index (χ0) is 19.0. The number of aliphatic imine (C=N–C) groups is 1. The Morgan fingerprint density at radius 1 is 1.30 bits per heavy atom. The van der Waals surface area contributed by atoms with E-state index in [1.165, 1.54) is 22.7 Å². The first-order chi connectivity index (χ1) is 12.4. The van der Waals surface area contributed by atoms with Gasteiger partial charge in [-0.1, -0.05) is 17.7 Å². The molecule has 152 valence electrons. The molecule has 12 heteroatoms. The van der Waals surface area contributed by atoms with Crippen molar-refractivity contribution in [2.24, 2.45) is 4.99 Å². The predicted molar refractivity (Wildman–Crippen MR) is 123 cm³/mol. The third-order valence-corrected chi connectivity index (χ3v) is 7.35. The van der Waals surface area contributed by atoms with Crippen molar-refractivity contribution < 1.29 is 13.5 Å². The molecule has 2 heterocycles. The molecule has 27 heavy (non-hydrogen) atoms. The molecule has 1 unspecified atom stereocenters. The van der Waals surface area contributed by atoms with Gasteiger partial charge in [0.15, 0.2) is 5.96 Å². The first-order valence-corrected chi connectivity index (χ1v) is 11.5. The normalized spacial score (nSPS) is 13.1. The van der Waals surface area contributed by atoms with Gasteiger partial charge in [-0.2, -0.15) is 0 Å².